The zero-order chi connectivity index (χ0) is 44.4. The first kappa shape index (κ1) is 47.6. The lowest BCUT2D eigenvalue weighted by molar-refractivity contribution is -0.832. The Balaban J connectivity index is 1.38. The van der Waals surface area contributed by atoms with Crippen molar-refractivity contribution in [2.75, 3.05) is 18.5 Å². The van der Waals surface area contributed by atoms with Gasteiger partial charge in [0.25, 0.3) is 9.84 Å². The first-order chi connectivity index (χ1) is 27.1. The highest BCUT2D eigenvalue weighted by Gasteiger charge is 2.63. The number of carbonyl (C=O) groups is 2. The molecule has 3 aromatic rings. The second kappa shape index (κ2) is 17.9. The van der Waals surface area contributed by atoms with Gasteiger partial charge in [0.2, 0.25) is 18.0 Å². The zero-order valence-corrected chi connectivity index (χ0v) is 38.1. The van der Waals surface area contributed by atoms with Gasteiger partial charge in [-0.2, -0.15) is 13.8 Å². The van der Waals surface area contributed by atoms with Gasteiger partial charge in [0, 0.05) is 19.0 Å². The van der Waals surface area contributed by atoms with Crippen molar-refractivity contribution < 1.29 is 54.6 Å². The van der Waals surface area contributed by atoms with E-state index in [4.69, 9.17) is 18.3 Å². The molecule has 328 valence electrons. The maximum absolute atomic E-state index is 16.4. The van der Waals surface area contributed by atoms with Gasteiger partial charge in [-0.25, -0.2) is 13.2 Å². The van der Waals surface area contributed by atoms with Gasteiger partial charge in [0.05, 0.1) is 22.7 Å². The molecule has 0 saturated carbocycles. The molecule has 3 heterocycles. The molecule has 0 radical (unpaired) electrons. The molecule has 2 amide bonds. The SMILES string of the molecule is CCC(COc1no[n+]([O-])c1S(=O)(=O)c1ccccc1)NC(=O)CCC(=O)Nc1ccn([C@@H]2O[C@H](CO[Si](C)(C)C(C)(C)C)[C@@H](O[Si](C)(C)C(C)(C)C)C2(F)F)c(=O)n1. The van der Waals surface area contributed by atoms with Crippen LogP contribution < -0.4 is 26.0 Å². The summed E-state index contributed by atoms with van der Waals surface area (Å²) in [6.07, 6.45) is -4.27. The average Bonchev–Trinajstić information content (AvgIpc) is 3.62. The summed E-state index contributed by atoms with van der Waals surface area (Å²) >= 11 is 0. The lowest BCUT2D eigenvalue weighted by atomic mass is 10.1. The Morgan fingerprint density at radius 1 is 1.02 bits per heavy atom. The number of sulfone groups is 1. The highest BCUT2D eigenvalue weighted by Crippen LogP contribution is 2.48. The van der Waals surface area contributed by atoms with Gasteiger partial charge in [-0.1, -0.05) is 66.7 Å². The number of alkyl halides is 2. The molecule has 4 atom stereocenters. The zero-order valence-electron chi connectivity index (χ0n) is 35.3. The van der Waals surface area contributed by atoms with Crippen LogP contribution in [-0.2, 0) is 33.0 Å². The summed E-state index contributed by atoms with van der Waals surface area (Å²) in [6.45, 7) is 20.9. The van der Waals surface area contributed by atoms with E-state index in [0.717, 1.165) is 6.20 Å². The predicted octanol–water partition coefficient (Wildman–Crippen LogP) is 5.33. The maximum atomic E-state index is 16.4. The molecule has 1 aliphatic rings. The Kier molecular flexibility index (Phi) is 14.4. The van der Waals surface area contributed by atoms with E-state index in [0.29, 0.717) is 11.0 Å². The lowest BCUT2D eigenvalue weighted by Crippen LogP contribution is -2.53. The molecular formula is C37H56F2N6O11SSi2. The highest BCUT2D eigenvalue weighted by atomic mass is 32.2. The van der Waals surface area contributed by atoms with Crippen molar-refractivity contribution in [3.63, 3.8) is 0 Å². The van der Waals surface area contributed by atoms with E-state index >= 15 is 8.78 Å². The van der Waals surface area contributed by atoms with Crippen LogP contribution in [-0.4, -0.2) is 89.0 Å². The fourth-order valence-corrected chi connectivity index (χ4v) is 8.93. The standard InChI is InChI=1S/C37H56F2N6O11SSi2/c1-12-24(22-52-31-32(45(49)56-43-31)57(50,51)25-16-14-13-15-17-25)40-28(46)18-19-29(47)41-27-20-21-44(34(48)42-27)33-37(38,39)30(55-59(10,11)36(5,6)7)26(54-33)23-53-58(8,9)35(2,3)4/h13-17,20-21,24,26,30,33H,12,18-19,22-23H2,1-11H3,(H,40,46)(H,41,42,47,48)/t24?,26-,30-,33-/m1/s1. The second-order valence-corrected chi connectivity index (χ2v) is 28.9. The molecule has 1 aliphatic heterocycles. The van der Waals surface area contributed by atoms with Gasteiger partial charge < -0.3 is 34.2 Å². The van der Waals surface area contributed by atoms with Gasteiger partial charge >= 0.3 is 22.5 Å². The number of anilines is 1. The lowest BCUT2D eigenvalue weighted by Gasteiger charge is -2.41. The fourth-order valence-electron chi connectivity index (χ4n) is 5.32. The van der Waals surface area contributed by atoms with Crippen molar-refractivity contribution in [3.8, 4) is 5.88 Å². The number of rotatable bonds is 17. The van der Waals surface area contributed by atoms with Gasteiger partial charge in [-0.3, -0.25) is 18.8 Å². The van der Waals surface area contributed by atoms with Crippen molar-refractivity contribution in [3.05, 3.63) is 58.3 Å². The number of carbonyl (C=O) groups excluding carboxylic acids is 2. The first-order valence-corrected chi connectivity index (χ1v) is 26.5. The van der Waals surface area contributed by atoms with Crippen LogP contribution in [0.15, 0.2) is 61.9 Å². The number of nitrogens with one attached hydrogen (secondary N) is 2. The molecule has 2 N–H and O–H groups in total. The third-order valence-electron chi connectivity index (χ3n) is 11.1. The van der Waals surface area contributed by atoms with Crippen molar-refractivity contribution in [1.82, 2.24) is 20.0 Å². The van der Waals surface area contributed by atoms with Crippen LogP contribution in [0.1, 0.15) is 74.0 Å². The number of ether oxygens (including phenoxy) is 2. The molecule has 1 aromatic carbocycles. The predicted molar refractivity (Wildman–Crippen MR) is 216 cm³/mol. The summed E-state index contributed by atoms with van der Waals surface area (Å²) in [7, 11) is -9.52. The van der Waals surface area contributed by atoms with Crippen LogP contribution >= 0.6 is 0 Å². The molecule has 1 saturated heterocycles. The van der Waals surface area contributed by atoms with E-state index < -0.39 is 90.3 Å². The number of halogens is 2. The monoisotopic (exact) mass is 886 g/mol. The highest BCUT2D eigenvalue weighted by molar-refractivity contribution is 7.91. The molecule has 1 unspecified atom stereocenters. The average molecular weight is 887 g/mol. The summed E-state index contributed by atoms with van der Waals surface area (Å²) in [5, 5.41) is 19.2. The molecule has 0 spiro atoms. The Labute approximate surface area is 344 Å². The van der Waals surface area contributed by atoms with E-state index in [9.17, 15) is 28.0 Å². The van der Waals surface area contributed by atoms with Crippen LogP contribution in [0.2, 0.25) is 36.3 Å². The van der Waals surface area contributed by atoms with Crippen molar-refractivity contribution in [2.24, 2.45) is 0 Å². The van der Waals surface area contributed by atoms with Gasteiger partial charge in [0.1, 0.15) is 24.6 Å². The number of nitrogens with zero attached hydrogens (tertiary/aromatic N) is 4. The molecule has 1 fully saturated rings. The molecule has 22 heteroatoms. The first-order valence-electron chi connectivity index (χ1n) is 19.2. The smallest absolute Gasteiger partial charge is 0.415 e. The number of amides is 2. The molecular weight excluding hydrogens is 831 g/mol. The molecule has 4 rings (SSSR count). The topological polar surface area (TPSA) is 217 Å². The number of hydrogen-bond acceptors (Lipinski definition) is 13. The van der Waals surface area contributed by atoms with E-state index in [1.165, 1.54) is 30.3 Å². The van der Waals surface area contributed by atoms with Crippen molar-refractivity contribution in [1.29, 1.82) is 0 Å². The number of aromatic nitrogens is 4. The Morgan fingerprint density at radius 2 is 1.63 bits per heavy atom. The van der Waals surface area contributed by atoms with E-state index in [-0.39, 0.29) is 46.7 Å². The van der Waals surface area contributed by atoms with Crippen LogP contribution in [0.4, 0.5) is 14.6 Å². The number of hydrogen-bond donors (Lipinski definition) is 2. The van der Waals surface area contributed by atoms with Gasteiger partial charge in [0.15, 0.2) is 16.6 Å². The number of benzene rings is 1. The van der Waals surface area contributed by atoms with Crippen LogP contribution in [0, 0.1) is 5.21 Å². The Hall–Kier alpha value is -4.10. The molecule has 17 nitrogen and oxygen atoms in total. The maximum Gasteiger partial charge on any atom is 0.415 e. The molecule has 59 heavy (non-hydrogen) atoms. The van der Waals surface area contributed by atoms with Gasteiger partial charge in [-0.15, -0.1) is 0 Å². The van der Waals surface area contributed by atoms with Crippen LogP contribution in [0.3, 0.4) is 0 Å². The minimum absolute atomic E-state index is 0.166. The minimum Gasteiger partial charge on any atom is -0.452 e. The minimum atomic E-state index is -4.36. The summed E-state index contributed by atoms with van der Waals surface area (Å²) in [5.74, 6) is -5.76. The quantitative estimate of drug-likeness (QED) is 0.130. The third-order valence-corrected chi connectivity index (χ3v) is 21.7. The van der Waals surface area contributed by atoms with Crippen LogP contribution in [0.25, 0.3) is 0 Å². The van der Waals surface area contributed by atoms with Crippen molar-refractivity contribution in [2.45, 2.75) is 144 Å². The van der Waals surface area contributed by atoms with Crippen LogP contribution in [0.5, 0.6) is 5.88 Å². The molecule has 0 aliphatic carbocycles. The summed E-state index contributed by atoms with van der Waals surface area (Å²) in [4.78, 5) is 42.1. The van der Waals surface area contributed by atoms with Gasteiger partial charge in [-0.05, 0) is 65.8 Å². The fraction of sp³-hybridized carbons (Fsp3) is 0.622. The Bertz CT molecular complexity index is 2120. The summed E-state index contributed by atoms with van der Waals surface area (Å²) in [5.41, 5.74) is -1.11. The molecule has 2 aromatic heterocycles. The second-order valence-electron chi connectivity index (χ2n) is 17.5. The van der Waals surface area contributed by atoms with E-state index in [1.54, 1.807) is 13.0 Å². The normalized spacial score (nSPS) is 19.3. The van der Waals surface area contributed by atoms with Crippen molar-refractivity contribution >= 4 is 44.1 Å². The Morgan fingerprint density at radius 3 is 2.20 bits per heavy atom. The van der Waals surface area contributed by atoms with E-state index in [1.807, 2.05) is 67.7 Å². The summed E-state index contributed by atoms with van der Waals surface area (Å²) in [6, 6.07) is 7.62. The third kappa shape index (κ3) is 11.0. The largest absolute Gasteiger partial charge is 0.452 e. The summed E-state index contributed by atoms with van der Waals surface area (Å²) < 4.78 is 88.0. The molecule has 0 bridgehead atoms. The van der Waals surface area contributed by atoms with E-state index in [2.05, 4.69) is 25.4 Å².